The molecule has 100 valence electrons. The van der Waals surface area contributed by atoms with Gasteiger partial charge in [-0.2, -0.15) is 5.10 Å². The summed E-state index contributed by atoms with van der Waals surface area (Å²) in [7, 11) is 1.51. The number of benzene rings is 2. The number of nitrogens with one attached hydrogen (secondary N) is 1. The summed E-state index contributed by atoms with van der Waals surface area (Å²) in [5.41, 5.74) is 1.75. The second-order valence-corrected chi connectivity index (χ2v) is 4.26. The molecule has 20 heavy (non-hydrogen) atoms. The highest BCUT2D eigenvalue weighted by atomic mass is 16.5. The van der Waals surface area contributed by atoms with Gasteiger partial charge in [0.15, 0.2) is 23.1 Å². The van der Waals surface area contributed by atoms with Crippen molar-refractivity contribution in [3.8, 4) is 34.3 Å². The SMILES string of the molecule is COc1cc(-c2n[nH]c(-c3ccccc3)n2)ccc1O. The van der Waals surface area contributed by atoms with E-state index in [9.17, 15) is 5.11 Å². The van der Waals surface area contributed by atoms with E-state index in [0.717, 1.165) is 11.1 Å². The van der Waals surface area contributed by atoms with Gasteiger partial charge in [-0.1, -0.05) is 30.3 Å². The third-order valence-electron chi connectivity index (χ3n) is 2.97. The standard InChI is InChI=1S/C15H13N3O2/c1-20-13-9-11(7-8-12(13)19)15-16-14(17-18-15)10-5-3-2-4-6-10/h2-9,19H,1H3,(H,16,17,18). The molecular weight excluding hydrogens is 254 g/mol. The third-order valence-corrected chi connectivity index (χ3v) is 2.97. The summed E-state index contributed by atoms with van der Waals surface area (Å²) in [6.07, 6.45) is 0. The van der Waals surface area contributed by atoms with Crippen LogP contribution in [0.5, 0.6) is 11.5 Å². The minimum atomic E-state index is 0.0927. The van der Waals surface area contributed by atoms with Crippen molar-refractivity contribution in [2.24, 2.45) is 0 Å². The van der Waals surface area contributed by atoms with Gasteiger partial charge in [0.1, 0.15) is 0 Å². The van der Waals surface area contributed by atoms with Crippen LogP contribution in [0.3, 0.4) is 0 Å². The van der Waals surface area contributed by atoms with Crippen LogP contribution in [0.25, 0.3) is 22.8 Å². The monoisotopic (exact) mass is 267 g/mol. The van der Waals surface area contributed by atoms with Crippen LogP contribution in [0.2, 0.25) is 0 Å². The molecule has 0 saturated carbocycles. The number of H-pyrrole nitrogens is 1. The van der Waals surface area contributed by atoms with Crippen LogP contribution in [-0.4, -0.2) is 27.4 Å². The highest BCUT2D eigenvalue weighted by molar-refractivity contribution is 5.64. The Kier molecular flexibility index (Phi) is 3.09. The van der Waals surface area contributed by atoms with Gasteiger partial charge >= 0.3 is 0 Å². The van der Waals surface area contributed by atoms with E-state index in [0.29, 0.717) is 17.4 Å². The Labute approximate surface area is 115 Å². The summed E-state index contributed by atoms with van der Waals surface area (Å²) in [4.78, 5) is 4.45. The maximum absolute atomic E-state index is 9.59. The van der Waals surface area contributed by atoms with E-state index in [1.54, 1.807) is 18.2 Å². The lowest BCUT2D eigenvalue weighted by molar-refractivity contribution is 0.373. The van der Waals surface area contributed by atoms with Crippen molar-refractivity contribution in [1.82, 2.24) is 15.2 Å². The molecule has 5 heteroatoms. The zero-order valence-electron chi connectivity index (χ0n) is 10.9. The molecule has 0 aliphatic rings. The number of methoxy groups -OCH3 is 1. The Morgan fingerprint density at radius 1 is 1.05 bits per heavy atom. The van der Waals surface area contributed by atoms with E-state index in [-0.39, 0.29) is 5.75 Å². The average molecular weight is 267 g/mol. The number of aromatic hydroxyl groups is 1. The molecule has 0 fully saturated rings. The molecule has 0 spiro atoms. The van der Waals surface area contributed by atoms with Gasteiger partial charge in [0.2, 0.25) is 0 Å². The molecule has 3 rings (SSSR count). The lowest BCUT2D eigenvalue weighted by Gasteiger charge is -2.03. The Balaban J connectivity index is 1.98. The highest BCUT2D eigenvalue weighted by Gasteiger charge is 2.10. The minimum Gasteiger partial charge on any atom is -0.504 e. The topological polar surface area (TPSA) is 71.0 Å². The lowest BCUT2D eigenvalue weighted by atomic mass is 10.2. The van der Waals surface area contributed by atoms with E-state index in [1.165, 1.54) is 7.11 Å². The molecule has 0 radical (unpaired) electrons. The van der Waals surface area contributed by atoms with Crippen LogP contribution >= 0.6 is 0 Å². The first-order valence-corrected chi connectivity index (χ1v) is 6.13. The lowest BCUT2D eigenvalue weighted by Crippen LogP contribution is -1.86. The van der Waals surface area contributed by atoms with Crippen LogP contribution in [0, 0.1) is 0 Å². The molecule has 2 aromatic carbocycles. The second kappa shape index (κ2) is 5.05. The van der Waals surface area contributed by atoms with Gasteiger partial charge in [-0.05, 0) is 18.2 Å². The van der Waals surface area contributed by atoms with Crippen molar-refractivity contribution in [3.05, 3.63) is 48.5 Å². The van der Waals surface area contributed by atoms with E-state index < -0.39 is 0 Å². The zero-order valence-corrected chi connectivity index (χ0v) is 10.9. The van der Waals surface area contributed by atoms with Crippen molar-refractivity contribution < 1.29 is 9.84 Å². The summed E-state index contributed by atoms with van der Waals surface area (Å²) >= 11 is 0. The Morgan fingerprint density at radius 2 is 1.85 bits per heavy atom. The van der Waals surface area contributed by atoms with Crippen LogP contribution in [0.15, 0.2) is 48.5 Å². The van der Waals surface area contributed by atoms with E-state index in [1.807, 2.05) is 30.3 Å². The van der Waals surface area contributed by atoms with Crippen molar-refractivity contribution in [2.45, 2.75) is 0 Å². The van der Waals surface area contributed by atoms with E-state index in [2.05, 4.69) is 15.2 Å². The van der Waals surface area contributed by atoms with E-state index in [4.69, 9.17) is 4.74 Å². The first-order chi connectivity index (χ1) is 9.78. The molecule has 0 unspecified atom stereocenters. The van der Waals surface area contributed by atoms with Gasteiger partial charge in [0, 0.05) is 11.1 Å². The average Bonchev–Trinajstić information content (AvgIpc) is 2.98. The number of aromatic nitrogens is 3. The van der Waals surface area contributed by atoms with Crippen molar-refractivity contribution in [1.29, 1.82) is 0 Å². The van der Waals surface area contributed by atoms with Gasteiger partial charge < -0.3 is 9.84 Å². The maximum atomic E-state index is 9.59. The van der Waals surface area contributed by atoms with Crippen LogP contribution in [0.1, 0.15) is 0 Å². The molecule has 0 aliphatic heterocycles. The number of rotatable bonds is 3. The van der Waals surface area contributed by atoms with Gasteiger partial charge in [0.05, 0.1) is 7.11 Å². The maximum Gasteiger partial charge on any atom is 0.181 e. The predicted octanol–water partition coefficient (Wildman–Crippen LogP) is 2.85. The molecule has 3 aromatic rings. The normalized spacial score (nSPS) is 10.4. The summed E-state index contributed by atoms with van der Waals surface area (Å²) in [6.45, 7) is 0. The van der Waals surface area contributed by atoms with Crippen molar-refractivity contribution in [3.63, 3.8) is 0 Å². The van der Waals surface area contributed by atoms with Crippen molar-refractivity contribution >= 4 is 0 Å². The summed E-state index contributed by atoms with van der Waals surface area (Å²) in [5.74, 6) is 1.75. The van der Waals surface area contributed by atoms with Gasteiger partial charge in [-0.3, -0.25) is 5.10 Å². The number of phenolic OH excluding ortho intramolecular Hbond substituents is 1. The van der Waals surface area contributed by atoms with Gasteiger partial charge in [-0.25, -0.2) is 4.98 Å². The fourth-order valence-corrected chi connectivity index (χ4v) is 1.93. The molecule has 5 nitrogen and oxygen atoms in total. The Bertz CT molecular complexity index is 723. The molecule has 0 amide bonds. The summed E-state index contributed by atoms with van der Waals surface area (Å²) in [6, 6.07) is 14.8. The van der Waals surface area contributed by atoms with Crippen molar-refractivity contribution in [2.75, 3.05) is 7.11 Å². The Morgan fingerprint density at radius 3 is 2.60 bits per heavy atom. The fourth-order valence-electron chi connectivity index (χ4n) is 1.93. The summed E-state index contributed by atoms with van der Waals surface area (Å²) in [5, 5.41) is 16.7. The predicted molar refractivity (Wildman–Crippen MR) is 75.5 cm³/mol. The molecule has 0 aliphatic carbocycles. The minimum absolute atomic E-state index is 0.0927. The largest absolute Gasteiger partial charge is 0.504 e. The summed E-state index contributed by atoms with van der Waals surface area (Å²) < 4.78 is 5.08. The number of aromatic amines is 1. The highest BCUT2D eigenvalue weighted by Crippen LogP contribution is 2.30. The first-order valence-electron chi connectivity index (χ1n) is 6.13. The van der Waals surface area contributed by atoms with Gasteiger partial charge in [0.25, 0.3) is 0 Å². The fraction of sp³-hybridized carbons (Fsp3) is 0.0667. The van der Waals surface area contributed by atoms with E-state index >= 15 is 0 Å². The van der Waals surface area contributed by atoms with Crippen LogP contribution in [-0.2, 0) is 0 Å². The second-order valence-electron chi connectivity index (χ2n) is 4.26. The number of hydrogen-bond donors (Lipinski definition) is 2. The molecule has 1 heterocycles. The smallest absolute Gasteiger partial charge is 0.181 e. The molecule has 0 atom stereocenters. The number of nitrogens with zero attached hydrogens (tertiary/aromatic N) is 2. The number of ether oxygens (including phenoxy) is 1. The quantitative estimate of drug-likeness (QED) is 0.765. The van der Waals surface area contributed by atoms with Crippen LogP contribution < -0.4 is 4.74 Å². The molecular formula is C15H13N3O2. The Hall–Kier alpha value is -2.82. The zero-order chi connectivity index (χ0) is 13.9. The molecule has 2 N–H and O–H groups in total. The molecule has 0 bridgehead atoms. The molecule has 1 aromatic heterocycles. The number of hydrogen-bond acceptors (Lipinski definition) is 4. The first kappa shape index (κ1) is 12.2. The third kappa shape index (κ3) is 2.21. The van der Waals surface area contributed by atoms with Gasteiger partial charge in [-0.15, -0.1) is 0 Å². The number of phenols is 1. The molecule has 0 saturated heterocycles. The van der Waals surface area contributed by atoms with Crippen LogP contribution in [0.4, 0.5) is 0 Å².